The number of hydrogen-bond donors (Lipinski definition) is 1. The first kappa shape index (κ1) is 11.4. The third-order valence-electron chi connectivity index (χ3n) is 2.07. The van der Waals surface area contributed by atoms with Crippen LogP contribution in [0.1, 0.15) is 4.88 Å². The summed E-state index contributed by atoms with van der Waals surface area (Å²) in [5.41, 5.74) is 3.65. The molecular weight excluding hydrogens is 244 g/mol. The quantitative estimate of drug-likeness (QED) is 0.820. The van der Waals surface area contributed by atoms with Gasteiger partial charge in [-0.2, -0.15) is 0 Å². The molecule has 1 saturated heterocycles. The standard InChI is InChI=1S/C10H10N2O2S2/c11-3-4-12-9(13)8(16-10(12)14)6-7-2-1-5-15-7/h1-2,5-6H,3-4,11H2/p+1/b8-6+. The fourth-order valence-electron chi connectivity index (χ4n) is 1.35. The van der Waals surface area contributed by atoms with Gasteiger partial charge in [0, 0.05) is 4.88 Å². The molecular formula is C10H11N2O2S2+. The van der Waals surface area contributed by atoms with Crippen molar-refractivity contribution in [3.05, 3.63) is 27.3 Å². The maximum atomic E-state index is 11.8. The van der Waals surface area contributed by atoms with Crippen molar-refractivity contribution < 1.29 is 15.3 Å². The topological polar surface area (TPSA) is 65.0 Å². The molecule has 0 atom stereocenters. The second-order valence-electron chi connectivity index (χ2n) is 3.20. The SMILES string of the molecule is [NH3+]CCN1C(=O)S/C(=C/c2cccs2)C1=O. The number of amides is 2. The van der Waals surface area contributed by atoms with E-state index in [1.165, 1.54) is 4.90 Å². The first-order chi connectivity index (χ1) is 7.72. The fourth-order valence-corrected chi connectivity index (χ4v) is 2.94. The van der Waals surface area contributed by atoms with Gasteiger partial charge in [-0.3, -0.25) is 14.5 Å². The molecule has 2 heterocycles. The minimum atomic E-state index is -0.202. The Morgan fingerprint density at radius 1 is 1.44 bits per heavy atom. The predicted molar refractivity (Wildman–Crippen MR) is 64.8 cm³/mol. The van der Waals surface area contributed by atoms with Gasteiger partial charge >= 0.3 is 0 Å². The summed E-state index contributed by atoms with van der Waals surface area (Å²) in [5, 5.41) is 1.74. The molecule has 16 heavy (non-hydrogen) atoms. The number of rotatable bonds is 3. The Kier molecular flexibility index (Phi) is 3.42. The Labute approximate surface area is 101 Å². The molecule has 2 amide bonds. The van der Waals surface area contributed by atoms with Crippen LogP contribution in [0.15, 0.2) is 22.4 Å². The molecule has 0 radical (unpaired) electrons. The van der Waals surface area contributed by atoms with E-state index >= 15 is 0 Å². The van der Waals surface area contributed by atoms with Crippen LogP contribution in [0, 0.1) is 0 Å². The van der Waals surface area contributed by atoms with Crippen LogP contribution < -0.4 is 5.73 Å². The van der Waals surface area contributed by atoms with E-state index < -0.39 is 0 Å². The van der Waals surface area contributed by atoms with Crippen LogP contribution in [0.3, 0.4) is 0 Å². The Morgan fingerprint density at radius 3 is 2.88 bits per heavy atom. The second kappa shape index (κ2) is 4.82. The van der Waals surface area contributed by atoms with Crippen molar-refractivity contribution in [1.29, 1.82) is 0 Å². The minimum Gasteiger partial charge on any atom is -0.356 e. The van der Waals surface area contributed by atoms with E-state index in [9.17, 15) is 9.59 Å². The lowest BCUT2D eigenvalue weighted by molar-refractivity contribution is -0.367. The van der Waals surface area contributed by atoms with Gasteiger partial charge < -0.3 is 5.73 Å². The number of imide groups is 1. The highest BCUT2D eigenvalue weighted by Crippen LogP contribution is 2.32. The molecule has 0 spiro atoms. The van der Waals surface area contributed by atoms with Crippen LogP contribution in [0.4, 0.5) is 4.79 Å². The zero-order valence-corrected chi connectivity index (χ0v) is 10.1. The van der Waals surface area contributed by atoms with Crippen LogP contribution in [0.5, 0.6) is 0 Å². The minimum absolute atomic E-state index is 0.198. The molecule has 1 aliphatic rings. The summed E-state index contributed by atoms with van der Waals surface area (Å²) in [7, 11) is 0. The van der Waals surface area contributed by atoms with Gasteiger partial charge in [0.25, 0.3) is 11.1 Å². The van der Waals surface area contributed by atoms with Gasteiger partial charge in [-0.25, -0.2) is 0 Å². The lowest BCUT2D eigenvalue weighted by Gasteiger charge is -2.07. The highest BCUT2D eigenvalue weighted by Gasteiger charge is 2.34. The lowest BCUT2D eigenvalue weighted by Crippen LogP contribution is -2.55. The molecule has 6 heteroatoms. The molecule has 84 valence electrons. The lowest BCUT2D eigenvalue weighted by atomic mass is 10.3. The third kappa shape index (κ3) is 2.18. The van der Waals surface area contributed by atoms with Crippen molar-refractivity contribution in [3.63, 3.8) is 0 Å². The molecule has 0 aliphatic carbocycles. The van der Waals surface area contributed by atoms with Gasteiger partial charge in [0.2, 0.25) is 0 Å². The van der Waals surface area contributed by atoms with Crippen molar-refractivity contribution in [3.8, 4) is 0 Å². The van der Waals surface area contributed by atoms with E-state index in [2.05, 4.69) is 5.73 Å². The van der Waals surface area contributed by atoms with Crippen LogP contribution >= 0.6 is 23.1 Å². The molecule has 1 aromatic heterocycles. The highest BCUT2D eigenvalue weighted by atomic mass is 32.2. The first-order valence-corrected chi connectivity index (χ1v) is 6.50. The van der Waals surface area contributed by atoms with E-state index in [0.29, 0.717) is 18.0 Å². The molecule has 1 aromatic rings. The van der Waals surface area contributed by atoms with Crippen molar-refractivity contribution >= 4 is 40.3 Å². The van der Waals surface area contributed by atoms with Crippen molar-refractivity contribution in [2.75, 3.05) is 13.1 Å². The average Bonchev–Trinajstić information content (AvgIpc) is 2.84. The number of nitrogens with zero attached hydrogens (tertiary/aromatic N) is 1. The Balaban J connectivity index is 2.20. The monoisotopic (exact) mass is 255 g/mol. The van der Waals surface area contributed by atoms with Crippen LogP contribution in [-0.4, -0.2) is 29.1 Å². The van der Waals surface area contributed by atoms with E-state index in [4.69, 9.17) is 0 Å². The number of thioether (sulfide) groups is 1. The summed E-state index contributed by atoms with van der Waals surface area (Å²) in [6, 6.07) is 3.83. The summed E-state index contributed by atoms with van der Waals surface area (Å²) in [5.74, 6) is -0.202. The van der Waals surface area contributed by atoms with E-state index in [0.717, 1.165) is 16.6 Å². The molecule has 1 aliphatic heterocycles. The van der Waals surface area contributed by atoms with Gasteiger partial charge in [0.15, 0.2) is 0 Å². The zero-order valence-electron chi connectivity index (χ0n) is 8.51. The fraction of sp³-hybridized carbons (Fsp3) is 0.200. The molecule has 0 bridgehead atoms. The largest absolute Gasteiger partial charge is 0.356 e. The molecule has 3 N–H and O–H groups in total. The molecule has 1 fully saturated rings. The summed E-state index contributed by atoms with van der Waals surface area (Å²) in [6.45, 7) is 0.941. The normalized spacial score (nSPS) is 18.8. The second-order valence-corrected chi connectivity index (χ2v) is 5.17. The third-order valence-corrected chi connectivity index (χ3v) is 3.80. The predicted octanol–water partition coefficient (Wildman–Crippen LogP) is 1.03. The summed E-state index contributed by atoms with van der Waals surface area (Å²) in [4.78, 5) is 26.1. The van der Waals surface area contributed by atoms with Crippen molar-refractivity contribution in [2.45, 2.75) is 0 Å². The Bertz CT molecular complexity index is 440. The van der Waals surface area contributed by atoms with Crippen LogP contribution in [0.2, 0.25) is 0 Å². The molecule has 0 saturated carbocycles. The molecule has 0 aromatic carbocycles. The molecule has 0 unspecified atom stereocenters. The number of carbonyl (C=O) groups excluding carboxylic acids is 2. The number of carbonyl (C=O) groups is 2. The zero-order chi connectivity index (χ0) is 11.5. The molecule has 4 nitrogen and oxygen atoms in total. The highest BCUT2D eigenvalue weighted by molar-refractivity contribution is 8.18. The van der Waals surface area contributed by atoms with Crippen LogP contribution in [-0.2, 0) is 4.79 Å². The van der Waals surface area contributed by atoms with Gasteiger partial charge in [-0.15, -0.1) is 11.3 Å². The smallest absolute Gasteiger partial charge is 0.293 e. The number of thiophene rings is 1. The van der Waals surface area contributed by atoms with Gasteiger partial charge in [0.05, 0.1) is 18.0 Å². The Morgan fingerprint density at radius 2 is 2.25 bits per heavy atom. The van der Waals surface area contributed by atoms with Crippen molar-refractivity contribution in [2.24, 2.45) is 0 Å². The number of hydrogen-bond acceptors (Lipinski definition) is 4. The number of quaternary nitrogens is 1. The summed E-state index contributed by atoms with van der Waals surface area (Å²) < 4.78 is 0. The maximum Gasteiger partial charge on any atom is 0.293 e. The Hall–Kier alpha value is -1.11. The average molecular weight is 255 g/mol. The van der Waals surface area contributed by atoms with Crippen LogP contribution in [0.25, 0.3) is 6.08 Å². The van der Waals surface area contributed by atoms with Gasteiger partial charge in [-0.1, -0.05) is 6.07 Å². The van der Waals surface area contributed by atoms with Gasteiger partial charge in [-0.05, 0) is 29.3 Å². The first-order valence-electron chi connectivity index (χ1n) is 4.80. The van der Waals surface area contributed by atoms with E-state index in [1.807, 2.05) is 17.5 Å². The van der Waals surface area contributed by atoms with Crippen molar-refractivity contribution in [1.82, 2.24) is 4.90 Å². The summed E-state index contributed by atoms with van der Waals surface area (Å²) in [6.07, 6.45) is 1.76. The molecule has 2 rings (SSSR count). The van der Waals surface area contributed by atoms with Gasteiger partial charge in [0.1, 0.15) is 0 Å². The maximum absolute atomic E-state index is 11.8. The van der Waals surface area contributed by atoms with E-state index in [-0.39, 0.29) is 11.1 Å². The van der Waals surface area contributed by atoms with E-state index in [1.54, 1.807) is 17.4 Å². The summed E-state index contributed by atoms with van der Waals surface area (Å²) >= 11 is 2.54.